The highest BCUT2D eigenvalue weighted by Gasteiger charge is 2.11. The summed E-state index contributed by atoms with van der Waals surface area (Å²) in [6.45, 7) is 6.20. The molecule has 0 aliphatic carbocycles. The lowest BCUT2D eigenvalue weighted by atomic mass is 10.2. The normalized spacial score (nSPS) is 10.6. The molecule has 0 heterocycles. The highest BCUT2D eigenvalue weighted by molar-refractivity contribution is 6.32. The number of hydrogen-bond donors (Lipinski definition) is 1. The molecule has 1 aromatic rings. The van der Waals surface area contributed by atoms with Crippen molar-refractivity contribution in [2.24, 2.45) is 0 Å². The van der Waals surface area contributed by atoms with Gasteiger partial charge >= 0.3 is 5.97 Å². The molecule has 0 aliphatic rings. The number of carbonyl (C=O) groups is 1. The average molecular weight is 297 g/mol. The lowest BCUT2D eigenvalue weighted by molar-refractivity contribution is -0.131. The zero-order valence-electron chi connectivity index (χ0n) is 11.5. The molecule has 0 saturated heterocycles. The fourth-order valence-corrected chi connectivity index (χ4v) is 1.69. The Morgan fingerprint density at radius 1 is 1.50 bits per heavy atom. The third kappa shape index (κ3) is 4.63. The minimum absolute atomic E-state index is 0.358. The summed E-state index contributed by atoms with van der Waals surface area (Å²) < 4.78 is 10.8. The number of carboxylic acid groups (broad SMARTS) is 1. The van der Waals surface area contributed by atoms with Gasteiger partial charge in [-0.05, 0) is 35.8 Å². The Morgan fingerprint density at radius 2 is 2.20 bits per heavy atom. The third-order valence-electron chi connectivity index (χ3n) is 2.59. The first-order chi connectivity index (χ1) is 9.47. The second-order valence-electron chi connectivity index (χ2n) is 4.10. The van der Waals surface area contributed by atoms with Crippen LogP contribution < -0.4 is 9.47 Å². The van der Waals surface area contributed by atoms with Crippen LogP contribution in [0, 0.1) is 0 Å². The molecule has 20 heavy (non-hydrogen) atoms. The predicted molar refractivity (Wildman–Crippen MR) is 79.6 cm³/mol. The predicted octanol–water partition coefficient (Wildman–Crippen LogP) is 3.79. The van der Waals surface area contributed by atoms with Crippen molar-refractivity contribution in [3.8, 4) is 11.5 Å². The first-order valence-corrected chi connectivity index (χ1v) is 6.43. The third-order valence-corrected chi connectivity index (χ3v) is 2.87. The SMILES string of the molecule is C=C(CC)COc1c(Cl)cc(C=CC(=O)O)cc1OC. The Bertz CT molecular complexity index is 535. The van der Waals surface area contributed by atoms with E-state index in [1.165, 1.54) is 13.2 Å². The summed E-state index contributed by atoms with van der Waals surface area (Å²) in [6.07, 6.45) is 3.29. The van der Waals surface area contributed by atoms with E-state index in [1.54, 1.807) is 12.1 Å². The molecule has 4 nitrogen and oxygen atoms in total. The van der Waals surface area contributed by atoms with E-state index >= 15 is 0 Å². The molecule has 1 aromatic carbocycles. The number of ether oxygens (including phenoxy) is 2. The molecule has 0 atom stereocenters. The Morgan fingerprint density at radius 3 is 2.75 bits per heavy atom. The fraction of sp³-hybridized carbons (Fsp3) is 0.267. The van der Waals surface area contributed by atoms with Crippen molar-refractivity contribution in [1.29, 1.82) is 0 Å². The van der Waals surface area contributed by atoms with Crippen molar-refractivity contribution in [2.75, 3.05) is 13.7 Å². The minimum Gasteiger partial charge on any atom is -0.493 e. The van der Waals surface area contributed by atoms with Crippen LogP contribution in [0.15, 0.2) is 30.4 Å². The van der Waals surface area contributed by atoms with Gasteiger partial charge in [-0.25, -0.2) is 4.79 Å². The van der Waals surface area contributed by atoms with Crippen LogP contribution in [0.2, 0.25) is 5.02 Å². The van der Waals surface area contributed by atoms with Crippen molar-refractivity contribution in [3.05, 3.63) is 40.9 Å². The summed E-state index contributed by atoms with van der Waals surface area (Å²) in [5.41, 5.74) is 1.56. The van der Waals surface area contributed by atoms with Crippen LogP contribution in [-0.2, 0) is 4.79 Å². The number of benzene rings is 1. The van der Waals surface area contributed by atoms with E-state index in [4.69, 9.17) is 26.2 Å². The molecule has 0 aliphatic heterocycles. The van der Waals surface area contributed by atoms with Crippen molar-refractivity contribution in [2.45, 2.75) is 13.3 Å². The Hall–Kier alpha value is -1.94. The van der Waals surface area contributed by atoms with Gasteiger partial charge in [-0.3, -0.25) is 0 Å². The molecule has 5 heteroatoms. The zero-order valence-corrected chi connectivity index (χ0v) is 12.2. The number of halogens is 1. The van der Waals surface area contributed by atoms with E-state index in [-0.39, 0.29) is 0 Å². The second-order valence-corrected chi connectivity index (χ2v) is 4.51. The van der Waals surface area contributed by atoms with Gasteiger partial charge in [-0.1, -0.05) is 25.1 Å². The van der Waals surface area contributed by atoms with E-state index in [1.807, 2.05) is 6.92 Å². The molecule has 0 aromatic heterocycles. The molecule has 0 unspecified atom stereocenters. The highest BCUT2D eigenvalue weighted by Crippen LogP contribution is 2.37. The largest absolute Gasteiger partial charge is 0.493 e. The number of carboxylic acids is 1. The summed E-state index contributed by atoms with van der Waals surface area (Å²) in [7, 11) is 1.50. The summed E-state index contributed by atoms with van der Waals surface area (Å²) in [4.78, 5) is 10.5. The van der Waals surface area contributed by atoms with Gasteiger partial charge in [0.1, 0.15) is 6.61 Å². The number of aliphatic carboxylic acids is 1. The van der Waals surface area contributed by atoms with Crippen LogP contribution in [0.25, 0.3) is 6.08 Å². The maximum absolute atomic E-state index is 10.5. The lowest BCUT2D eigenvalue weighted by Crippen LogP contribution is -2.02. The molecule has 0 radical (unpaired) electrons. The van der Waals surface area contributed by atoms with E-state index in [2.05, 4.69) is 6.58 Å². The number of hydrogen-bond acceptors (Lipinski definition) is 3. The van der Waals surface area contributed by atoms with Crippen LogP contribution in [0.1, 0.15) is 18.9 Å². The molecule has 108 valence electrons. The van der Waals surface area contributed by atoms with Crippen LogP contribution >= 0.6 is 11.6 Å². The van der Waals surface area contributed by atoms with E-state index in [9.17, 15) is 4.79 Å². The molecular formula is C15H17ClO4. The maximum Gasteiger partial charge on any atom is 0.328 e. The zero-order chi connectivity index (χ0) is 15.1. The monoisotopic (exact) mass is 296 g/mol. The second kappa shape index (κ2) is 7.60. The fourth-order valence-electron chi connectivity index (χ4n) is 1.42. The number of rotatable bonds is 7. The highest BCUT2D eigenvalue weighted by atomic mass is 35.5. The van der Waals surface area contributed by atoms with Gasteiger partial charge in [0.2, 0.25) is 0 Å². The van der Waals surface area contributed by atoms with Gasteiger partial charge in [0.25, 0.3) is 0 Å². The van der Waals surface area contributed by atoms with Gasteiger partial charge in [0.05, 0.1) is 12.1 Å². The van der Waals surface area contributed by atoms with Gasteiger partial charge in [-0.15, -0.1) is 0 Å². The average Bonchev–Trinajstić information content (AvgIpc) is 2.42. The van der Waals surface area contributed by atoms with Gasteiger partial charge < -0.3 is 14.6 Å². The Kier molecular flexibility index (Phi) is 6.12. The van der Waals surface area contributed by atoms with E-state index in [0.717, 1.165) is 18.1 Å². The van der Waals surface area contributed by atoms with Crippen LogP contribution in [0.5, 0.6) is 11.5 Å². The van der Waals surface area contributed by atoms with Gasteiger partial charge in [0.15, 0.2) is 11.5 Å². The Balaban J connectivity index is 3.01. The molecule has 1 N–H and O–H groups in total. The van der Waals surface area contributed by atoms with Gasteiger partial charge in [0, 0.05) is 6.08 Å². The summed E-state index contributed by atoms with van der Waals surface area (Å²) in [6, 6.07) is 3.28. The molecule has 0 fully saturated rings. The standard InChI is InChI=1S/C15H17ClO4/c1-4-10(2)9-20-15-12(16)7-11(5-6-14(17)18)8-13(15)19-3/h5-8H,2,4,9H2,1,3H3,(H,17,18). The van der Waals surface area contributed by atoms with Crippen LogP contribution in [-0.4, -0.2) is 24.8 Å². The molecule has 0 amide bonds. The summed E-state index contributed by atoms with van der Waals surface area (Å²) in [5.74, 6) is -0.151. The summed E-state index contributed by atoms with van der Waals surface area (Å²) >= 11 is 6.14. The molecule has 1 rings (SSSR count). The minimum atomic E-state index is -1.03. The molecule has 0 spiro atoms. The van der Waals surface area contributed by atoms with Crippen molar-refractivity contribution < 1.29 is 19.4 Å². The van der Waals surface area contributed by atoms with Crippen molar-refractivity contribution >= 4 is 23.6 Å². The molecule has 0 saturated carbocycles. The quantitative estimate of drug-likeness (QED) is 0.614. The van der Waals surface area contributed by atoms with Crippen LogP contribution in [0.4, 0.5) is 0 Å². The first kappa shape index (κ1) is 16.1. The topological polar surface area (TPSA) is 55.8 Å². The summed E-state index contributed by atoms with van der Waals surface area (Å²) in [5, 5.41) is 8.97. The van der Waals surface area contributed by atoms with Crippen molar-refractivity contribution in [3.63, 3.8) is 0 Å². The van der Waals surface area contributed by atoms with Gasteiger partial charge in [-0.2, -0.15) is 0 Å². The lowest BCUT2D eigenvalue weighted by Gasteiger charge is -2.13. The first-order valence-electron chi connectivity index (χ1n) is 6.06. The van der Waals surface area contributed by atoms with E-state index < -0.39 is 5.97 Å². The van der Waals surface area contributed by atoms with E-state index in [0.29, 0.717) is 28.7 Å². The molecular weight excluding hydrogens is 280 g/mol. The molecule has 0 bridgehead atoms. The van der Waals surface area contributed by atoms with Crippen LogP contribution in [0.3, 0.4) is 0 Å². The smallest absolute Gasteiger partial charge is 0.328 e. The Labute approximate surface area is 123 Å². The maximum atomic E-state index is 10.5. The number of methoxy groups -OCH3 is 1. The van der Waals surface area contributed by atoms with Crippen molar-refractivity contribution in [1.82, 2.24) is 0 Å².